The van der Waals surface area contributed by atoms with Gasteiger partial charge < -0.3 is 10.6 Å². The van der Waals surface area contributed by atoms with E-state index in [2.05, 4.69) is 20.7 Å². The molecule has 4 rings (SSSR count). The zero-order chi connectivity index (χ0) is 20.2. The maximum atomic E-state index is 13.0. The molecule has 1 aromatic carbocycles. The number of pyridine rings is 1. The second-order valence-corrected chi connectivity index (χ2v) is 7.39. The first kappa shape index (κ1) is 19.3. The minimum atomic E-state index is -0.288. The topological polar surface area (TPSA) is 71.8 Å². The number of rotatable bonds is 6. The lowest BCUT2D eigenvalue weighted by molar-refractivity contribution is 0.0944. The molecular weight excluding hydrogens is 369 g/mol. The van der Waals surface area contributed by atoms with Crippen LogP contribution >= 0.6 is 0 Å². The van der Waals surface area contributed by atoms with Gasteiger partial charge in [0.25, 0.3) is 5.91 Å². The Kier molecular flexibility index (Phi) is 5.67. The monoisotopic (exact) mass is 393 g/mol. The first-order valence-corrected chi connectivity index (χ1v) is 9.80. The van der Waals surface area contributed by atoms with Crippen molar-refractivity contribution in [2.75, 3.05) is 0 Å². The van der Waals surface area contributed by atoms with Crippen molar-refractivity contribution >= 4 is 5.91 Å². The molecule has 0 saturated carbocycles. The Morgan fingerprint density at radius 2 is 2.03 bits per heavy atom. The van der Waals surface area contributed by atoms with Gasteiger partial charge in [-0.25, -0.2) is 4.39 Å². The fourth-order valence-corrected chi connectivity index (χ4v) is 3.78. The van der Waals surface area contributed by atoms with Gasteiger partial charge in [0.2, 0.25) is 0 Å². The average Bonchev–Trinajstić information content (AvgIpc) is 3.08. The van der Waals surface area contributed by atoms with E-state index < -0.39 is 0 Å². The van der Waals surface area contributed by atoms with Crippen molar-refractivity contribution in [1.82, 2.24) is 25.4 Å². The van der Waals surface area contributed by atoms with Crippen LogP contribution in [0.2, 0.25) is 0 Å². The molecule has 0 bridgehead atoms. The van der Waals surface area contributed by atoms with Gasteiger partial charge in [-0.2, -0.15) is 5.10 Å². The SMILES string of the molecule is Cn1nc(C(=O)NCc2ccc(F)cc2)c2c1CCC(NCc1cccnc1)C2. The summed E-state index contributed by atoms with van der Waals surface area (Å²) >= 11 is 0. The molecule has 2 aromatic heterocycles. The zero-order valence-corrected chi connectivity index (χ0v) is 16.4. The summed E-state index contributed by atoms with van der Waals surface area (Å²) in [5.41, 5.74) is 4.61. The van der Waals surface area contributed by atoms with E-state index in [9.17, 15) is 9.18 Å². The molecule has 2 heterocycles. The highest BCUT2D eigenvalue weighted by molar-refractivity contribution is 5.94. The Labute approximate surface area is 169 Å². The Balaban J connectivity index is 1.42. The van der Waals surface area contributed by atoms with Gasteiger partial charge in [-0.15, -0.1) is 0 Å². The maximum Gasteiger partial charge on any atom is 0.272 e. The number of carbonyl (C=O) groups is 1. The zero-order valence-electron chi connectivity index (χ0n) is 16.4. The summed E-state index contributed by atoms with van der Waals surface area (Å²) in [4.78, 5) is 16.9. The first-order valence-electron chi connectivity index (χ1n) is 9.80. The number of hydrogen-bond acceptors (Lipinski definition) is 4. The largest absolute Gasteiger partial charge is 0.347 e. The number of carbonyl (C=O) groups excluding carboxylic acids is 1. The summed E-state index contributed by atoms with van der Waals surface area (Å²) in [7, 11) is 1.89. The summed E-state index contributed by atoms with van der Waals surface area (Å²) in [6.07, 6.45) is 6.28. The number of hydrogen-bond donors (Lipinski definition) is 2. The van der Waals surface area contributed by atoms with Crippen LogP contribution in [-0.2, 0) is 33.0 Å². The fraction of sp³-hybridized carbons (Fsp3) is 0.318. The number of amides is 1. The highest BCUT2D eigenvalue weighted by atomic mass is 19.1. The predicted molar refractivity (Wildman–Crippen MR) is 108 cm³/mol. The summed E-state index contributed by atoms with van der Waals surface area (Å²) in [6, 6.07) is 10.4. The highest BCUT2D eigenvalue weighted by Gasteiger charge is 2.28. The third kappa shape index (κ3) is 4.51. The normalized spacial score (nSPS) is 15.7. The lowest BCUT2D eigenvalue weighted by Gasteiger charge is -2.24. The second-order valence-electron chi connectivity index (χ2n) is 7.39. The molecule has 0 aliphatic heterocycles. The van der Waals surface area contributed by atoms with Crippen molar-refractivity contribution in [3.8, 4) is 0 Å². The summed E-state index contributed by atoms with van der Waals surface area (Å²) in [5, 5.41) is 11.0. The van der Waals surface area contributed by atoms with E-state index in [1.54, 1.807) is 18.3 Å². The molecule has 0 fully saturated rings. The van der Waals surface area contributed by atoms with Gasteiger partial charge in [0, 0.05) is 49.8 Å². The van der Waals surface area contributed by atoms with Crippen molar-refractivity contribution in [2.24, 2.45) is 7.05 Å². The van der Waals surface area contributed by atoms with Gasteiger partial charge in [-0.05, 0) is 48.6 Å². The number of aryl methyl sites for hydroxylation is 1. The van der Waals surface area contributed by atoms with E-state index in [0.29, 0.717) is 12.2 Å². The van der Waals surface area contributed by atoms with Crippen LogP contribution in [0.1, 0.15) is 39.3 Å². The molecule has 6 nitrogen and oxygen atoms in total. The van der Waals surface area contributed by atoms with Crippen molar-refractivity contribution < 1.29 is 9.18 Å². The minimum absolute atomic E-state index is 0.195. The molecule has 1 aliphatic rings. The third-order valence-corrected chi connectivity index (χ3v) is 5.35. The molecule has 0 radical (unpaired) electrons. The number of nitrogens with one attached hydrogen (secondary N) is 2. The minimum Gasteiger partial charge on any atom is -0.347 e. The van der Waals surface area contributed by atoms with E-state index in [4.69, 9.17) is 0 Å². The number of benzene rings is 1. The van der Waals surface area contributed by atoms with E-state index >= 15 is 0 Å². The van der Waals surface area contributed by atoms with Crippen LogP contribution < -0.4 is 10.6 Å². The molecule has 29 heavy (non-hydrogen) atoms. The van der Waals surface area contributed by atoms with Crippen LogP contribution in [0.4, 0.5) is 4.39 Å². The van der Waals surface area contributed by atoms with Crippen LogP contribution in [0.3, 0.4) is 0 Å². The summed E-state index contributed by atoms with van der Waals surface area (Å²) in [5.74, 6) is -0.484. The molecule has 1 atom stereocenters. The van der Waals surface area contributed by atoms with Gasteiger partial charge in [0.05, 0.1) is 0 Å². The van der Waals surface area contributed by atoms with Crippen LogP contribution in [0.25, 0.3) is 0 Å². The second kappa shape index (κ2) is 8.53. The predicted octanol–water partition coefficient (Wildman–Crippen LogP) is 2.53. The molecule has 2 N–H and O–H groups in total. The Morgan fingerprint density at radius 1 is 1.21 bits per heavy atom. The molecule has 1 unspecified atom stereocenters. The van der Waals surface area contributed by atoms with Gasteiger partial charge >= 0.3 is 0 Å². The highest BCUT2D eigenvalue weighted by Crippen LogP contribution is 2.24. The Morgan fingerprint density at radius 3 is 2.79 bits per heavy atom. The smallest absolute Gasteiger partial charge is 0.272 e. The molecule has 150 valence electrons. The lowest BCUT2D eigenvalue weighted by Crippen LogP contribution is -2.35. The van der Waals surface area contributed by atoms with E-state index in [1.807, 2.05) is 30.1 Å². The van der Waals surface area contributed by atoms with Gasteiger partial charge in [-0.3, -0.25) is 14.5 Å². The molecule has 1 aliphatic carbocycles. The molecule has 7 heteroatoms. The third-order valence-electron chi connectivity index (χ3n) is 5.35. The molecular formula is C22H24FN5O. The molecule has 0 saturated heterocycles. The standard InChI is InChI=1S/C22H24FN5O/c1-28-20-9-8-18(25-14-16-3-2-10-24-12-16)11-19(20)21(27-28)22(29)26-13-15-4-6-17(23)7-5-15/h2-7,10,12,18,25H,8-9,11,13-14H2,1H3,(H,26,29). The molecule has 0 spiro atoms. The summed E-state index contributed by atoms with van der Waals surface area (Å²) in [6.45, 7) is 1.09. The van der Waals surface area contributed by atoms with Crippen LogP contribution in [0, 0.1) is 5.82 Å². The van der Waals surface area contributed by atoms with Crippen molar-refractivity contribution in [3.63, 3.8) is 0 Å². The quantitative estimate of drug-likeness (QED) is 0.675. The van der Waals surface area contributed by atoms with Crippen molar-refractivity contribution in [1.29, 1.82) is 0 Å². The van der Waals surface area contributed by atoms with Crippen LogP contribution in [-0.4, -0.2) is 26.7 Å². The van der Waals surface area contributed by atoms with Crippen molar-refractivity contribution in [3.05, 3.63) is 82.7 Å². The average molecular weight is 393 g/mol. The van der Waals surface area contributed by atoms with Crippen LogP contribution in [0.5, 0.6) is 0 Å². The van der Waals surface area contributed by atoms with E-state index in [-0.39, 0.29) is 17.8 Å². The molecule has 3 aromatic rings. The van der Waals surface area contributed by atoms with Gasteiger partial charge in [-0.1, -0.05) is 18.2 Å². The number of halogens is 1. The van der Waals surface area contributed by atoms with E-state index in [0.717, 1.165) is 48.2 Å². The van der Waals surface area contributed by atoms with Crippen molar-refractivity contribution in [2.45, 2.75) is 38.4 Å². The maximum absolute atomic E-state index is 13.0. The summed E-state index contributed by atoms with van der Waals surface area (Å²) < 4.78 is 14.9. The first-order chi connectivity index (χ1) is 14.1. The number of nitrogens with zero attached hydrogens (tertiary/aromatic N) is 3. The fourth-order valence-electron chi connectivity index (χ4n) is 3.78. The Bertz CT molecular complexity index is 984. The van der Waals surface area contributed by atoms with Crippen LogP contribution in [0.15, 0.2) is 48.8 Å². The van der Waals surface area contributed by atoms with Gasteiger partial charge in [0.1, 0.15) is 5.82 Å². The lowest BCUT2D eigenvalue weighted by atomic mass is 9.91. The number of aromatic nitrogens is 3. The molecule has 1 amide bonds. The number of fused-ring (bicyclic) bond motifs is 1. The van der Waals surface area contributed by atoms with E-state index in [1.165, 1.54) is 12.1 Å². The van der Waals surface area contributed by atoms with Gasteiger partial charge in [0.15, 0.2) is 5.69 Å². The Hall–Kier alpha value is -3.06.